The summed E-state index contributed by atoms with van der Waals surface area (Å²) in [4.78, 5) is 0.890. The molecule has 204 valence electrons. The maximum absolute atomic E-state index is 9.77. The maximum Gasteiger partial charge on any atom is 0.178 e. The third-order valence-corrected chi connectivity index (χ3v) is 8.09. The zero-order chi connectivity index (χ0) is 27.6. The lowest BCUT2D eigenvalue weighted by Crippen LogP contribution is -2.42. The highest BCUT2D eigenvalue weighted by Gasteiger charge is 2.36. The molecule has 4 rings (SSSR count). The van der Waals surface area contributed by atoms with E-state index in [4.69, 9.17) is 18.9 Å². The molecule has 0 spiro atoms. The number of allylic oxidation sites excluding steroid dienone is 1. The van der Waals surface area contributed by atoms with Crippen LogP contribution in [0.4, 0.5) is 0 Å². The molecule has 2 atom stereocenters. The van der Waals surface area contributed by atoms with E-state index < -0.39 is 11.2 Å². The average Bonchev–Trinajstić information content (AvgIpc) is 3.19. The zero-order valence-corrected chi connectivity index (χ0v) is 24.3. The number of ether oxygens (including phenoxy) is 4. The minimum Gasteiger partial charge on any atom is -0.493 e. The molecular formula is C31H39NO5S. The molecule has 0 radical (unpaired) electrons. The number of benzene rings is 2. The van der Waals surface area contributed by atoms with Crippen LogP contribution in [0.25, 0.3) is 6.08 Å². The highest BCUT2D eigenvalue weighted by molar-refractivity contribution is 8.04. The largest absolute Gasteiger partial charge is 0.493 e. The summed E-state index contributed by atoms with van der Waals surface area (Å²) in [6.45, 7) is 17.5. The van der Waals surface area contributed by atoms with Gasteiger partial charge in [0.05, 0.1) is 7.11 Å². The van der Waals surface area contributed by atoms with Gasteiger partial charge in [-0.05, 0) is 101 Å². The third-order valence-electron chi connectivity index (χ3n) is 7.13. The summed E-state index contributed by atoms with van der Waals surface area (Å²) in [6, 6.07) is 5.80. The average molecular weight is 538 g/mol. The fraction of sp³-hybridized carbons (Fsp3) is 0.419. The highest BCUT2D eigenvalue weighted by atomic mass is 32.2. The van der Waals surface area contributed by atoms with Gasteiger partial charge in [0.25, 0.3) is 0 Å². The summed E-state index contributed by atoms with van der Waals surface area (Å²) < 4.78 is 24.7. The lowest BCUT2D eigenvalue weighted by molar-refractivity contribution is 0.0159. The number of hydrogen-bond acceptors (Lipinski definition) is 7. The van der Waals surface area contributed by atoms with E-state index in [0.717, 1.165) is 51.5 Å². The van der Waals surface area contributed by atoms with Gasteiger partial charge < -0.3 is 29.4 Å². The summed E-state index contributed by atoms with van der Waals surface area (Å²) in [5.74, 6) is 3.22. The summed E-state index contributed by atoms with van der Waals surface area (Å²) in [5.41, 5.74) is 6.35. The van der Waals surface area contributed by atoms with Crippen LogP contribution in [-0.4, -0.2) is 36.6 Å². The first kappa shape index (κ1) is 28.0. The van der Waals surface area contributed by atoms with E-state index in [0.29, 0.717) is 30.4 Å². The molecule has 7 heteroatoms. The van der Waals surface area contributed by atoms with Crippen LogP contribution in [0.2, 0.25) is 0 Å². The lowest BCUT2D eigenvalue weighted by Gasteiger charge is -2.38. The molecule has 2 aliphatic rings. The van der Waals surface area contributed by atoms with Crippen molar-refractivity contribution in [2.45, 2.75) is 65.5 Å². The minimum atomic E-state index is -0.669. The smallest absolute Gasteiger partial charge is 0.178 e. The van der Waals surface area contributed by atoms with Gasteiger partial charge in [-0.3, -0.25) is 0 Å². The Morgan fingerprint density at radius 1 is 1.18 bits per heavy atom. The van der Waals surface area contributed by atoms with E-state index in [1.165, 1.54) is 22.9 Å². The van der Waals surface area contributed by atoms with Crippen LogP contribution in [0, 0.1) is 20.8 Å². The predicted molar refractivity (Wildman–Crippen MR) is 155 cm³/mol. The maximum atomic E-state index is 9.77. The summed E-state index contributed by atoms with van der Waals surface area (Å²) >= 11 is 1.32. The normalized spacial score (nSPS) is 21.4. The third kappa shape index (κ3) is 6.00. The number of hydrogen-bond donors (Lipinski definition) is 2. The van der Waals surface area contributed by atoms with Gasteiger partial charge in [-0.25, -0.2) is 0 Å². The van der Waals surface area contributed by atoms with E-state index in [-0.39, 0.29) is 0 Å². The van der Waals surface area contributed by atoms with Crippen molar-refractivity contribution in [3.05, 3.63) is 74.8 Å². The van der Waals surface area contributed by atoms with E-state index >= 15 is 0 Å². The summed E-state index contributed by atoms with van der Waals surface area (Å²) in [7, 11) is 1.63. The lowest BCUT2D eigenvalue weighted by atomic mass is 9.87. The Kier molecular flexibility index (Phi) is 8.38. The predicted octanol–water partition coefficient (Wildman–Crippen LogP) is 6.60. The monoisotopic (exact) mass is 537 g/mol. The Bertz CT molecular complexity index is 1290. The highest BCUT2D eigenvalue weighted by Crippen LogP contribution is 2.44. The topological polar surface area (TPSA) is 69.2 Å². The Morgan fingerprint density at radius 3 is 2.61 bits per heavy atom. The molecule has 2 heterocycles. The first-order valence-electron chi connectivity index (χ1n) is 12.9. The van der Waals surface area contributed by atoms with Crippen molar-refractivity contribution in [3.8, 4) is 23.0 Å². The van der Waals surface area contributed by atoms with Gasteiger partial charge in [0, 0.05) is 16.2 Å². The van der Waals surface area contributed by atoms with E-state index in [2.05, 4.69) is 59.5 Å². The Balaban J connectivity index is 1.50. The summed E-state index contributed by atoms with van der Waals surface area (Å²) in [6.07, 6.45) is 5.79. The molecule has 0 aliphatic carbocycles. The fourth-order valence-corrected chi connectivity index (χ4v) is 5.58. The van der Waals surface area contributed by atoms with E-state index in [1.807, 2.05) is 24.3 Å². The molecule has 2 aromatic carbocycles. The number of rotatable bonds is 8. The molecule has 1 fully saturated rings. The molecule has 2 unspecified atom stereocenters. The number of aliphatic hydroxyl groups excluding tert-OH is 1. The van der Waals surface area contributed by atoms with Crippen molar-refractivity contribution in [2.24, 2.45) is 0 Å². The van der Waals surface area contributed by atoms with Gasteiger partial charge in [0.2, 0.25) is 0 Å². The standard InChI is InChI=1S/C31H39NO5S/c1-18(2)12-14-35-28-19(3)20(4)29-24(21(28)5)11-13-31(7,37-29)17-36-25-10-9-23(15-26(25)34-8)16-27-22(6)32-30(33)38-27/h9-10,12,15-16,30,32-33H,6,11,13-14,17H2,1-5,7-8H3/b27-16-. The number of methoxy groups -OCH3 is 1. The van der Waals surface area contributed by atoms with Gasteiger partial charge in [-0.15, -0.1) is 0 Å². The van der Waals surface area contributed by atoms with Crippen LogP contribution in [-0.2, 0) is 6.42 Å². The molecule has 0 bridgehead atoms. The SMILES string of the molecule is C=C1NC(O)S/C1=C\c1ccc(OCC2(C)CCc3c(C)c(OCC=C(C)C)c(C)c(C)c3O2)c(OC)c1. The zero-order valence-electron chi connectivity index (χ0n) is 23.5. The van der Waals surface area contributed by atoms with Crippen LogP contribution < -0.4 is 24.3 Å². The fourth-order valence-electron chi connectivity index (χ4n) is 4.73. The number of aliphatic hydroxyl groups is 1. The molecular weight excluding hydrogens is 498 g/mol. The van der Waals surface area contributed by atoms with Gasteiger partial charge in [0.1, 0.15) is 30.3 Å². The number of nitrogens with one attached hydrogen (secondary N) is 1. The Morgan fingerprint density at radius 2 is 1.95 bits per heavy atom. The van der Waals surface area contributed by atoms with Crippen LogP contribution in [0.15, 0.2) is 47.0 Å². The second kappa shape index (κ2) is 11.4. The first-order valence-corrected chi connectivity index (χ1v) is 13.8. The molecule has 2 aliphatic heterocycles. The van der Waals surface area contributed by atoms with Crippen LogP contribution in [0.3, 0.4) is 0 Å². The number of fused-ring (bicyclic) bond motifs is 1. The number of thioether (sulfide) groups is 1. The van der Waals surface area contributed by atoms with Crippen molar-refractivity contribution < 1.29 is 24.1 Å². The first-order chi connectivity index (χ1) is 18.0. The molecule has 2 N–H and O–H groups in total. The molecule has 0 amide bonds. The van der Waals surface area contributed by atoms with Crippen molar-refractivity contribution in [3.63, 3.8) is 0 Å². The van der Waals surface area contributed by atoms with Crippen molar-refractivity contribution in [1.82, 2.24) is 5.32 Å². The van der Waals surface area contributed by atoms with Gasteiger partial charge in [-0.2, -0.15) is 0 Å². The van der Waals surface area contributed by atoms with Gasteiger partial charge >= 0.3 is 0 Å². The Labute approximate surface area is 230 Å². The van der Waals surface area contributed by atoms with Crippen molar-refractivity contribution in [1.29, 1.82) is 0 Å². The molecule has 6 nitrogen and oxygen atoms in total. The molecule has 0 saturated carbocycles. The van der Waals surface area contributed by atoms with Crippen molar-refractivity contribution in [2.75, 3.05) is 20.3 Å². The molecule has 2 aromatic rings. The quantitative estimate of drug-likeness (QED) is 0.368. The van der Waals surface area contributed by atoms with Crippen LogP contribution in [0.5, 0.6) is 23.0 Å². The van der Waals surface area contributed by atoms with Gasteiger partial charge in [0.15, 0.2) is 17.1 Å². The van der Waals surface area contributed by atoms with E-state index in [9.17, 15) is 5.11 Å². The van der Waals surface area contributed by atoms with Crippen molar-refractivity contribution >= 4 is 17.8 Å². The van der Waals surface area contributed by atoms with Crippen LogP contribution in [0.1, 0.15) is 55.0 Å². The second-order valence-electron chi connectivity index (χ2n) is 10.5. The minimum absolute atomic E-state index is 0.391. The van der Waals surface area contributed by atoms with E-state index in [1.54, 1.807) is 7.11 Å². The summed E-state index contributed by atoms with van der Waals surface area (Å²) in [5, 5.41) is 12.7. The molecule has 1 saturated heterocycles. The second-order valence-corrected chi connectivity index (χ2v) is 11.6. The Hall–Kier alpha value is -3.03. The molecule has 0 aromatic heterocycles. The van der Waals surface area contributed by atoms with Crippen LogP contribution >= 0.6 is 11.8 Å². The van der Waals surface area contributed by atoms with Gasteiger partial charge in [-0.1, -0.05) is 30.0 Å². The molecule has 38 heavy (non-hydrogen) atoms.